The summed E-state index contributed by atoms with van der Waals surface area (Å²) in [5.74, 6) is 0.499. The largest absolute Gasteiger partial charge is 0.326 e. The van der Waals surface area contributed by atoms with Crippen LogP contribution in [-0.4, -0.2) is 17.5 Å². The Morgan fingerprint density at radius 3 is 1.62 bits per heavy atom. The molecule has 0 aliphatic heterocycles. The van der Waals surface area contributed by atoms with Crippen molar-refractivity contribution < 1.29 is 0 Å². The van der Waals surface area contributed by atoms with Gasteiger partial charge in [-0.15, -0.1) is 0 Å². The fraction of sp³-hybridized carbons (Fsp3) is 0.368. The normalized spacial score (nSPS) is 12.8. The average Bonchev–Trinajstić information content (AvgIpc) is 2.49. The van der Waals surface area contributed by atoms with Crippen LogP contribution in [0.5, 0.6) is 0 Å². The van der Waals surface area contributed by atoms with E-state index in [2.05, 4.69) is 79.4 Å². The van der Waals surface area contributed by atoms with E-state index in [0.717, 1.165) is 19.6 Å². The van der Waals surface area contributed by atoms with Crippen LogP contribution in [0.25, 0.3) is 0 Å². The molecule has 0 heterocycles. The van der Waals surface area contributed by atoms with Crippen LogP contribution in [0.1, 0.15) is 25.0 Å². The van der Waals surface area contributed by atoms with E-state index in [1.54, 1.807) is 0 Å². The zero-order valence-corrected chi connectivity index (χ0v) is 13.1. The predicted molar refractivity (Wildman–Crippen MR) is 89.8 cm³/mol. The van der Waals surface area contributed by atoms with Crippen LogP contribution in [0.3, 0.4) is 0 Å². The minimum atomic E-state index is 0.206. The zero-order chi connectivity index (χ0) is 15.1. The Balaban J connectivity index is 2.06. The molecule has 0 saturated carbocycles. The van der Waals surface area contributed by atoms with Crippen LogP contribution in [0.4, 0.5) is 0 Å². The maximum Gasteiger partial charge on any atom is 0.0237 e. The van der Waals surface area contributed by atoms with Crippen LogP contribution >= 0.6 is 0 Å². The molecule has 112 valence electrons. The van der Waals surface area contributed by atoms with E-state index in [-0.39, 0.29) is 6.04 Å². The third-order valence-corrected chi connectivity index (χ3v) is 3.82. The third kappa shape index (κ3) is 5.33. The van der Waals surface area contributed by atoms with Crippen LogP contribution < -0.4 is 5.73 Å². The molecule has 2 aromatic carbocycles. The third-order valence-electron chi connectivity index (χ3n) is 3.82. The van der Waals surface area contributed by atoms with Gasteiger partial charge in [-0.25, -0.2) is 0 Å². The molecule has 0 unspecified atom stereocenters. The first kappa shape index (κ1) is 15.7. The first-order valence-corrected chi connectivity index (χ1v) is 7.71. The second kappa shape index (κ2) is 7.96. The van der Waals surface area contributed by atoms with Crippen molar-refractivity contribution in [1.29, 1.82) is 0 Å². The van der Waals surface area contributed by atoms with Gasteiger partial charge in [0, 0.05) is 25.7 Å². The van der Waals surface area contributed by atoms with Gasteiger partial charge in [-0.2, -0.15) is 0 Å². The lowest BCUT2D eigenvalue weighted by Crippen LogP contribution is -2.40. The minimum Gasteiger partial charge on any atom is -0.326 e. The molecular weight excluding hydrogens is 256 g/mol. The van der Waals surface area contributed by atoms with E-state index in [1.165, 1.54) is 11.1 Å². The molecule has 1 atom stereocenters. The number of nitrogens with zero attached hydrogens (tertiary/aromatic N) is 1. The summed E-state index contributed by atoms with van der Waals surface area (Å²) in [5, 5.41) is 0. The van der Waals surface area contributed by atoms with Crippen LogP contribution in [-0.2, 0) is 13.1 Å². The molecule has 2 nitrogen and oxygen atoms in total. The van der Waals surface area contributed by atoms with E-state index in [0.29, 0.717) is 5.92 Å². The van der Waals surface area contributed by atoms with Crippen molar-refractivity contribution in [3.8, 4) is 0 Å². The summed E-state index contributed by atoms with van der Waals surface area (Å²) in [6.07, 6.45) is 0. The standard InChI is InChI=1S/C19H26N2/c1-16(2)19(20)15-21(13-17-9-5-3-6-10-17)14-18-11-7-4-8-12-18/h3-12,16,19H,13-15,20H2,1-2H3/t19-/m0/s1. The first-order valence-electron chi connectivity index (χ1n) is 7.71. The number of hydrogen-bond donors (Lipinski definition) is 1. The van der Waals surface area contributed by atoms with Crippen LogP contribution in [0.2, 0.25) is 0 Å². The molecule has 0 amide bonds. The van der Waals surface area contributed by atoms with Gasteiger partial charge in [0.25, 0.3) is 0 Å². The minimum absolute atomic E-state index is 0.206. The molecule has 0 radical (unpaired) electrons. The van der Waals surface area contributed by atoms with Gasteiger partial charge in [0.05, 0.1) is 0 Å². The molecule has 0 aromatic heterocycles. The van der Waals surface area contributed by atoms with Crippen molar-refractivity contribution in [2.24, 2.45) is 11.7 Å². The lowest BCUT2D eigenvalue weighted by Gasteiger charge is -2.27. The van der Waals surface area contributed by atoms with E-state index in [4.69, 9.17) is 5.73 Å². The van der Waals surface area contributed by atoms with Gasteiger partial charge in [0.1, 0.15) is 0 Å². The molecule has 0 fully saturated rings. The fourth-order valence-corrected chi connectivity index (χ4v) is 2.38. The highest BCUT2D eigenvalue weighted by Gasteiger charge is 2.14. The van der Waals surface area contributed by atoms with Crippen molar-refractivity contribution in [3.63, 3.8) is 0 Å². The van der Waals surface area contributed by atoms with E-state index in [9.17, 15) is 0 Å². The van der Waals surface area contributed by atoms with Crippen molar-refractivity contribution in [1.82, 2.24) is 4.90 Å². The highest BCUT2D eigenvalue weighted by atomic mass is 15.1. The van der Waals surface area contributed by atoms with Crippen LogP contribution in [0, 0.1) is 5.92 Å². The Kier molecular flexibility index (Phi) is 5.97. The summed E-state index contributed by atoms with van der Waals surface area (Å²) < 4.78 is 0. The molecular formula is C19H26N2. The molecule has 2 N–H and O–H groups in total. The second-order valence-electron chi connectivity index (χ2n) is 6.05. The summed E-state index contributed by atoms with van der Waals surface area (Å²) in [7, 11) is 0. The smallest absolute Gasteiger partial charge is 0.0237 e. The van der Waals surface area contributed by atoms with Gasteiger partial charge in [-0.1, -0.05) is 74.5 Å². The monoisotopic (exact) mass is 282 g/mol. The topological polar surface area (TPSA) is 29.3 Å². The number of nitrogens with two attached hydrogens (primary N) is 1. The Labute approximate surface area is 128 Å². The summed E-state index contributed by atoms with van der Waals surface area (Å²) in [4.78, 5) is 2.44. The van der Waals surface area contributed by atoms with Crippen molar-refractivity contribution >= 4 is 0 Å². The average molecular weight is 282 g/mol. The summed E-state index contributed by atoms with van der Waals surface area (Å²) in [6.45, 7) is 7.18. The second-order valence-corrected chi connectivity index (χ2v) is 6.05. The number of hydrogen-bond acceptors (Lipinski definition) is 2. The Bertz CT molecular complexity index is 466. The van der Waals surface area contributed by atoms with Gasteiger partial charge < -0.3 is 5.73 Å². The molecule has 0 bridgehead atoms. The summed E-state index contributed by atoms with van der Waals surface area (Å²) >= 11 is 0. The molecule has 2 heteroatoms. The molecule has 0 aliphatic rings. The zero-order valence-electron chi connectivity index (χ0n) is 13.1. The summed E-state index contributed by atoms with van der Waals surface area (Å²) in [5.41, 5.74) is 8.96. The van der Waals surface area contributed by atoms with Gasteiger partial charge in [-0.05, 0) is 17.0 Å². The van der Waals surface area contributed by atoms with Gasteiger partial charge in [0.15, 0.2) is 0 Å². The van der Waals surface area contributed by atoms with E-state index < -0.39 is 0 Å². The molecule has 0 aliphatic carbocycles. The highest BCUT2D eigenvalue weighted by molar-refractivity contribution is 5.17. The maximum atomic E-state index is 6.28. The van der Waals surface area contributed by atoms with Crippen LogP contribution in [0.15, 0.2) is 60.7 Å². The SMILES string of the molecule is CC(C)[C@@H](N)CN(Cc1ccccc1)Cc1ccccc1. The molecule has 2 rings (SSSR count). The quantitative estimate of drug-likeness (QED) is 0.839. The van der Waals surface area contributed by atoms with Gasteiger partial charge in [0.2, 0.25) is 0 Å². The van der Waals surface area contributed by atoms with E-state index >= 15 is 0 Å². The van der Waals surface area contributed by atoms with Crippen molar-refractivity contribution in [2.75, 3.05) is 6.54 Å². The fourth-order valence-electron chi connectivity index (χ4n) is 2.38. The Hall–Kier alpha value is -1.64. The predicted octanol–water partition coefficient (Wildman–Crippen LogP) is 3.67. The Morgan fingerprint density at radius 2 is 1.24 bits per heavy atom. The Morgan fingerprint density at radius 1 is 0.810 bits per heavy atom. The molecule has 0 spiro atoms. The lowest BCUT2D eigenvalue weighted by molar-refractivity contribution is 0.222. The van der Waals surface area contributed by atoms with Crippen molar-refractivity contribution in [2.45, 2.75) is 33.0 Å². The number of benzene rings is 2. The first-order chi connectivity index (χ1) is 10.1. The molecule has 0 saturated heterocycles. The highest BCUT2D eigenvalue weighted by Crippen LogP contribution is 2.12. The molecule has 2 aromatic rings. The molecule has 21 heavy (non-hydrogen) atoms. The van der Waals surface area contributed by atoms with Gasteiger partial charge in [-0.3, -0.25) is 4.90 Å². The lowest BCUT2D eigenvalue weighted by atomic mass is 10.0. The van der Waals surface area contributed by atoms with Gasteiger partial charge >= 0.3 is 0 Å². The van der Waals surface area contributed by atoms with E-state index in [1.807, 2.05) is 0 Å². The van der Waals surface area contributed by atoms with Crippen molar-refractivity contribution in [3.05, 3.63) is 71.8 Å². The number of rotatable bonds is 7. The maximum absolute atomic E-state index is 6.28. The summed E-state index contributed by atoms with van der Waals surface area (Å²) in [6, 6.07) is 21.4.